The summed E-state index contributed by atoms with van der Waals surface area (Å²) < 4.78 is 26.2. The van der Waals surface area contributed by atoms with Gasteiger partial charge in [0.1, 0.15) is 0 Å². The number of hydrogen-bond donors (Lipinski definition) is 2. The molecule has 0 bridgehead atoms. The Morgan fingerprint density at radius 2 is 1.81 bits per heavy atom. The Labute approximate surface area is 132 Å². The molecule has 0 fully saturated rings. The van der Waals surface area contributed by atoms with Crippen LogP contribution in [-0.2, 0) is 14.8 Å². The number of carbonyl (C=O) groups is 1. The first kappa shape index (κ1) is 19.9. The molecular weight excluding hydrogens is 314 g/mol. The Balaban J connectivity index is 0.00000400. The van der Waals surface area contributed by atoms with Crippen LogP contribution in [0.3, 0.4) is 0 Å². The lowest BCUT2D eigenvalue weighted by Crippen LogP contribution is -2.35. The molecule has 6 nitrogen and oxygen atoms in total. The van der Waals surface area contributed by atoms with E-state index < -0.39 is 10.0 Å². The number of rotatable bonds is 8. The lowest BCUT2D eigenvalue weighted by molar-refractivity contribution is -0.129. The average Bonchev–Trinajstić information content (AvgIpc) is 2.45. The van der Waals surface area contributed by atoms with Gasteiger partial charge in [-0.1, -0.05) is 18.2 Å². The summed E-state index contributed by atoms with van der Waals surface area (Å²) in [5.74, 6) is -0.0870. The number of benzene rings is 1. The summed E-state index contributed by atoms with van der Waals surface area (Å²) >= 11 is 0. The van der Waals surface area contributed by atoms with Crippen molar-refractivity contribution in [3.63, 3.8) is 0 Å². The second-order valence-corrected chi connectivity index (χ2v) is 6.15. The molecule has 21 heavy (non-hydrogen) atoms. The summed E-state index contributed by atoms with van der Waals surface area (Å²) in [6, 6.07) is 8.10. The lowest BCUT2D eigenvalue weighted by atomic mass is 10.3. The van der Waals surface area contributed by atoms with Gasteiger partial charge in [0.25, 0.3) is 0 Å². The topological polar surface area (TPSA) is 78.5 Å². The highest BCUT2D eigenvalue weighted by Crippen LogP contribution is 2.06. The molecule has 2 N–H and O–H groups in total. The van der Waals surface area contributed by atoms with E-state index in [1.807, 2.05) is 7.05 Å². The van der Waals surface area contributed by atoms with Gasteiger partial charge in [0.2, 0.25) is 15.9 Å². The third-order valence-electron chi connectivity index (χ3n) is 2.81. The van der Waals surface area contributed by atoms with Gasteiger partial charge in [0.05, 0.1) is 4.90 Å². The number of nitrogens with one attached hydrogen (secondary N) is 2. The highest BCUT2D eigenvalue weighted by atomic mass is 35.5. The average molecular weight is 336 g/mol. The van der Waals surface area contributed by atoms with Gasteiger partial charge in [-0.3, -0.25) is 4.79 Å². The molecule has 0 atom stereocenters. The molecule has 0 radical (unpaired) electrons. The van der Waals surface area contributed by atoms with E-state index in [1.54, 1.807) is 30.1 Å². The minimum Gasteiger partial charge on any atom is -0.344 e. The van der Waals surface area contributed by atoms with Gasteiger partial charge < -0.3 is 10.2 Å². The van der Waals surface area contributed by atoms with E-state index in [9.17, 15) is 13.2 Å². The van der Waals surface area contributed by atoms with E-state index in [-0.39, 0.29) is 36.2 Å². The lowest BCUT2D eigenvalue weighted by Gasteiger charge is -2.16. The molecule has 0 aliphatic heterocycles. The Morgan fingerprint density at radius 3 is 2.38 bits per heavy atom. The summed E-state index contributed by atoms with van der Waals surface area (Å²) in [7, 11) is -0.0201. The number of sulfonamides is 1. The van der Waals surface area contributed by atoms with Crippen LogP contribution in [0.2, 0.25) is 0 Å². The van der Waals surface area contributed by atoms with Gasteiger partial charge in [-0.2, -0.15) is 0 Å². The summed E-state index contributed by atoms with van der Waals surface area (Å²) in [4.78, 5) is 13.5. The Bertz CT molecular complexity index is 523. The smallest absolute Gasteiger partial charge is 0.240 e. The monoisotopic (exact) mass is 335 g/mol. The van der Waals surface area contributed by atoms with E-state index >= 15 is 0 Å². The molecule has 0 saturated carbocycles. The van der Waals surface area contributed by atoms with Gasteiger partial charge >= 0.3 is 0 Å². The molecule has 8 heteroatoms. The van der Waals surface area contributed by atoms with Gasteiger partial charge in [0, 0.05) is 33.1 Å². The first-order valence-electron chi connectivity index (χ1n) is 6.40. The first-order chi connectivity index (χ1) is 9.47. The van der Waals surface area contributed by atoms with Crippen molar-refractivity contribution < 1.29 is 13.2 Å². The molecular formula is C13H22ClN3O3S. The highest BCUT2D eigenvalue weighted by Gasteiger charge is 2.14. The molecule has 0 heterocycles. The summed E-state index contributed by atoms with van der Waals surface area (Å²) in [6.45, 7) is 1.40. The van der Waals surface area contributed by atoms with Crippen LogP contribution < -0.4 is 10.0 Å². The quantitative estimate of drug-likeness (QED) is 0.723. The van der Waals surface area contributed by atoms with Gasteiger partial charge in [-0.25, -0.2) is 13.1 Å². The van der Waals surface area contributed by atoms with Crippen LogP contribution in [0.1, 0.15) is 6.42 Å². The molecule has 0 aliphatic rings. The van der Waals surface area contributed by atoms with Crippen LogP contribution in [0, 0.1) is 0 Å². The molecule has 1 aromatic carbocycles. The number of nitrogens with zero attached hydrogens (tertiary/aromatic N) is 1. The second-order valence-electron chi connectivity index (χ2n) is 4.38. The summed E-state index contributed by atoms with van der Waals surface area (Å²) in [6.07, 6.45) is 0.145. The Hall–Kier alpha value is -1.15. The molecule has 0 spiro atoms. The molecule has 0 saturated heterocycles. The maximum absolute atomic E-state index is 11.9. The fourth-order valence-corrected chi connectivity index (χ4v) is 2.62. The standard InChI is InChI=1S/C13H21N3O3S.ClH/c1-14-10-11-16(2)13(17)8-9-15-20(18,19)12-6-4-3-5-7-12;/h3-7,14-15H,8-11H2,1-2H3;1H. The fourth-order valence-electron chi connectivity index (χ4n) is 1.57. The third kappa shape index (κ3) is 6.90. The molecule has 120 valence electrons. The highest BCUT2D eigenvalue weighted by molar-refractivity contribution is 7.89. The van der Waals surface area contributed by atoms with Crippen molar-refractivity contribution >= 4 is 28.3 Å². The zero-order valence-electron chi connectivity index (χ0n) is 12.2. The van der Waals surface area contributed by atoms with E-state index in [4.69, 9.17) is 0 Å². The maximum atomic E-state index is 11.9. The van der Waals surface area contributed by atoms with Crippen molar-refractivity contribution in [2.45, 2.75) is 11.3 Å². The Kier molecular flexibility index (Phi) is 9.19. The van der Waals surface area contributed by atoms with E-state index in [2.05, 4.69) is 10.0 Å². The third-order valence-corrected chi connectivity index (χ3v) is 4.28. The van der Waals surface area contributed by atoms with Crippen LogP contribution in [0.25, 0.3) is 0 Å². The van der Waals surface area contributed by atoms with Crippen LogP contribution in [0.5, 0.6) is 0 Å². The minimum absolute atomic E-state index is 0. The molecule has 0 unspecified atom stereocenters. The predicted octanol–water partition coefficient (Wildman–Crippen LogP) is 0.455. The van der Waals surface area contributed by atoms with Crippen molar-refractivity contribution in [2.24, 2.45) is 0 Å². The zero-order valence-corrected chi connectivity index (χ0v) is 13.8. The van der Waals surface area contributed by atoms with Crippen LogP contribution in [0.4, 0.5) is 0 Å². The van der Waals surface area contributed by atoms with Crippen molar-refractivity contribution in [2.75, 3.05) is 33.7 Å². The summed E-state index contributed by atoms with van der Waals surface area (Å²) in [5.41, 5.74) is 0. The number of likely N-dealkylation sites (N-methyl/N-ethyl adjacent to an activating group) is 2. The largest absolute Gasteiger partial charge is 0.344 e. The molecule has 1 aromatic rings. The molecule has 0 aromatic heterocycles. The Morgan fingerprint density at radius 1 is 1.19 bits per heavy atom. The van der Waals surface area contributed by atoms with Crippen LogP contribution in [-0.4, -0.2) is 53.0 Å². The minimum atomic E-state index is -3.53. The normalized spacial score (nSPS) is 10.8. The fraction of sp³-hybridized carbons (Fsp3) is 0.462. The van der Waals surface area contributed by atoms with Gasteiger partial charge in [0.15, 0.2) is 0 Å². The maximum Gasteiger partial charge on any atom is 0.240 e. The SMILES string of the molecule is CNCCN(C)C(=O)CCNS(=O)(=O)c1ccccc1.Cl. The zero-order chi connectivity index (χ0) is 15.0. The van der Waals surface area contributed by atoms with E-state index in [1.165, 1.54) is 12.1 Å². The second kappa shape index (κ2) is 9.73. The van der Waals surface area contributed by atoms with E-state index in [0.29, 0.717) is 13.1 Å². The molecule has 0 aliphatic carbocycles. The van der Waals surface area contributed by atoms with Gasteiger partial charge in [-0.15, -0.1) is 12.4 Å². The van der Waals surface area contributed by atoms with Crippen molar-refractivity contribution in [3.8, 4) is 0 Å². The molecule has 1 amide bonds. The number of hydrogen-bond acceptors (Lipinski definition) is 4. The number of carbonyl (C=O) groups excluding carboxylic acids is 1. The first-order valence-corrected chi connectivity index (χ1v) is 7.89. The van der Waals surface area contributed by atoms with Crippen molar-refractivity contribution in [3.05, 3.63) is 30.3 Å². The van der Waals surface area contributed by atoms with E-state index in [0.717, 1.165) is 0 Å². The summed E-state index contributed by atoms with van der Waals surface area (Å²) in [5, 5.41) is 2.95. The number of amides is 1. The van der Waals surface area contributed by atoms with Crippen LogP contribution >= 0.6 is 12.4 Å². The number of halogens is 1. The predicted molar refractivity (Wildman–Crippen MR) is 85.1 cm³/mol. The molecule has 1 rings (SSSR count). The van der Waals surface area contributed by atoms with Crippen molar-refractivity contribution in [1.82, 2.24) is 14.9 Å². The van der Waals surface area contributed by atoms with Crippen molar-refractivity contribution in [1.29, 1.82) is 0 Å². The van der Waals surface area contributed by atoms with Gasteiger partial charge in [-0.05, 0) is 19.2 Å². The van der Waals surface area contributed by atoms with Crippen LogP contribution in [0.15, 0.2) is 35.2 Å².